The Bertz CT molecular complexity index is 543. The molecule has 6 nitrogen and oxygen atoms in total. The first-order valence-electron chi connectivity index (χ1n) is 4.82. The van der Waals surface area contributed by atoms with Crippen LogP contribution in [0.15, 0.2) is 30.6 Å². The Kier molecular flexibility index (Phi) is 2.95. The van der Waals surface area contributed by atoms with E-state index in [0.29, 0.717) is 11.6 Å². The molecule has 1 N–H and O–H groups in total. The number of hydrogen-bond donors (Lipinski definition) is 1. The number of rotatable bonds is 3. The number of aryl methyl sites for hydroxylation is 1. The van der Waals surface area contributed by atoms with Crippen molar-refractivity contribution < 1.29 is 14.6 Å². The van der Waals surface area contributed by atoms with Gasteiger partial charge in [0.1, 0.15) is 11.6 Å². The van der Waals surface area contributed by atoms with Crippen LogP contribution in [0.5, 0.6) is 11.6 Å². The van der Waals surface area contributed by atoms with Gasteiger partial charge in [0.2, 0.25) is 5.88 Å². The summed E-state index contributed by atoms with van der Waals surface area (Å²) in [7, 11) is 0. The molecule has 0 unspecified atom stereocenters. The molecule has 0 aliphatic heterocycles. The highest BCUT2D eigenvalue weighted by molar-refractivity contribution is 5.85. The van der Waals surface area contributed by atoms with E-state index in [0.717, 1.165) is 0 Å². The van der Waals surface area contributed by atoms with E-state index in [4.69, 9.17) is 9.84 Å². The van der Waals surface area contributed by atoms with Gasteiger partial charge in [0.25, 0.3) is 0 Å². The molecule has 6 heteroatoms. The summed E-state index contributed by atoms with van der Waals surface area (Å²) in [5.41, 5.74) is -0.101. The molecule has 2 rings (SSSR count). The van der Waals surface area contributed by atoms with E-state index in [1.165, 1.54) is 12.3 Å². The molecule has 0 aliphatic carbocycles. The van der Waals surface area contributed by atoms with Gasteiger partial charge in [-0.2, -0.15) is 4.98 Å². The summed E-state index contributed by atoms with van der Waals surface area (Å²) < 4.78 is 5.37. The molecule has 2 aromatic heterocycles. The lowest BCUT2D eigenvalue weighted by atomic mass is 10.4. The second-order valence-electron chi connectivity index (χ2n) is 3.23. The number of carboxylic acid groups (broad SMARTS) is 1. The van der Waals surface area contributed by atoms with E-state index < -0.39 is 5.97 Å². The molecule has 2 heterocycles. The van der Waals surface area contributed by atoms with Gasteiger partial charge in [0, 0.05) is 12.3 Å². The van der Waals surface area contributed by atoms with Crippen molar-refractivity contribution in [3.05, 3.63) is 42.1 Å². The molecule has 0 aliphatic rings. The molecule has 0 atom stereocenters. The lowest BCUT2D eigenvalue weighted by Crippen LogP contribution is -2.04. The number of aromatic nitrogens is 3. The third-order valence-electron chi connectivity index (χ3n) is 1.89. The van der Waals surface area contributed by atoms with E-state index in [1.807, 2.05) is 0 Å². The molecule has 0 saturated carbocycles. The number of nitrogens with zero attached hydrogens (tertiary/aromatic N) is 3. The number of hydrogen-bond acceptors (Lipinski definition) is 5. The Morgan fingerprint density at radius 2 is 2.24 bits per heavy atom. The van der Waals surface area contributed by atoms with Crippen LogP contribution in [0.4, 0.5) is 0 Å². The van der Waals surface area contributed by atoms with Crippen molar-refractivity contribution in [1.82, 2.24) is 15.0 Å². The van der Waals surface area contributed by atoms with E-state index in [1.54, 1.807) is 25.3 Å². The molecule has 2 aromatic rings. The van der Waals surface area contributed by atoms with Gasteiger partial charge in [-0.15, -0.1) is 0 Å². The number of pyridine rings is 1. The first-order valence-corrected chi connectivity index (χ1v) is 4.82. The highest BCUT2D eigenvalue weighted by Crippen LogP contribution is 2.18. The zero-order chi connectivity index (χ0) is 12.3. The summed E-state index contributed by atoms with van der Waals surface area (Å²) in [4.78, 5) is 22.4. The van der Waals surface area contributed by atoms with Gasteiger partial charge in [-0.25, -0.2) is 9.78 Å². The largest absolute Gasteiger partial charge is 0.477 e. The molecule has 0 aromatic carbocycles. The maximum atomic E-state index is 10.8. The van der Waals surface area contributed by atoms with E-state index >= 15 is 0 Å². The Morgan fingerprint density at radius 3 is 2.88 bits per heavy atom. The minimum atomic E-state index is -1.12. The third-order valence-corrected chi connectivity index (χ3v) is 1.89. The van der Waals surface area contributed by atoms with Crippen LogP contribution in [0.25, 0.3) is 0 Å². The molecular weight excluding hydrogens is 222 g/mol. The first kappa shape index (κ1) is 11.0. The molecule has 17 heavy (non-hydrogen) atoms. The average molecular weight is 231 g/mol. The Morgan fingerprint density at radius 1 is 1.41 bits per heavy atom. The summed E-state index contributed by atoms with van der Waals surface area (Å²) in [6, 6.07) is 4.68. The lowest BCUT2D eigenvalue weighted by Gasteiger charge is -2.05. The highest BCUT2D eigenvalue weighted by Gasteiger charge is 2.09. The monoisotopic (exact) mass is 231 g/mol. The summed E-state index contributed by atoms with van der Waals surface area (Å²) in [6.07, 6.45) is 3.12. The highest BCUT2D eigenvalue weighted by atomic mass is 16.5. The van der Waals surface area contributed by atoms with E-state index in [2.05, 4.69) is 15.0 Å². The van der Waals surface area contributed by atoms with Gasteiger partial charge in [0.15, 0.2) is 5.69 Å². The summed E-state index contributed by atoms with van der Waals surface area (Å²) in [5, 5.41) is 8.84. The van der Waals surface area contributed by atoms with Crippen molar-refractivity contribution >= 4 is 5.97 Å². The Balaban J connectivity index is 2.30. The molecule has 0 amide bonds. The van der Waals surface area contributed by atoms with Crippen LogP contribution in [0.1, 0.15) is 16.3 Å². The predicted molar refractivity (Wildman–Crippen MR) is 58.0 cm³/mol. The fraction of sp³-hybridized carbons (Fsp3) is 0.0909. The average Bonchev–Trinajstić information content (AvgIpc) is 2.29. The zero-order valence-electron chi connectivity index (χ0n) is 8.99. The molecule has 0 bridgehead atoms. The second-order valence-corrected chi connectivity index (χ2v) is 3.23. The summed E-state index contributed by atoms with van der Waals surface area (Å²) in [5.74, 6) is -0.111. The van der Waals surface area contributed by atoms with Crippen LogP contribution in [-0.2, 0) is 0 Å². The Labute approximate surface area is 96.9 Å². The van der Waals surface area contributed by atoms with Gasteiger partial charge in [-0.1, -0.05) is 0 Å². The fourth-order valence-electron chi connectivity index (χ4n) is 1.23. The number of carboxylic acids is 1. The van der Waals surface area contributed by atoms with Crippen molar-refractivity contribution in [2.75, 3.05) is 0 Å². The molecular formula is C11H9N3O3. The van der Waals surface area contributed by atoms with E-state index in [9.17, 15) is 4.79 Å². The van der Waals surface area contributed by atoms with Crippen LogP contribution in [-0.4, -0.2) is 26.0 Å². The summed E-state index contributed by atoms with van der Waals surface area (Å²) >= 11 is 0. The molecule has 0 fully saturated rings. The van der Waals surface area contributed by atoms with Gasteiger partial charge in [0.05, 0.1) is 6.20 Å². The van der Waals surface area contributed by atoms with Crippen LogP contribution < -0.4 is 4.74 Å². The van der Waals surface area contributed by atoms with Gasteiger partial charge in [-0.05, 0) is 19.1 Å². The number of ether oxygens (including phenoxy) is 1. The van der Waals surface area contributed by atoms with Crippen molar-refractivity contribution in [2.24, 2.45) is 0 Å². The molecule has 86 valence electrons. The van der Waals surface area contributed by atoms with Crippen LogP contribution in [0.2, 0.25) is 0 Å². The Hall–Kier alpha value is -2.50. The van der Waals surface area contributed by atoms with Crippen molar-refractivity contribution in [2.45, 2.75) is 6.92 Å². The topological polar surface area (TPSA) is 85.2 Å². The van der Waals surface area contributed by atoms with Crippen molar-refractivity contribution in [3.8, 4) is 11.6 Å². The van der Waals surface area contributed by atoms with Gasteiger partial charge < -0.3 is 9.84 Å². The van der Waals surface area contributed by atoms with Gasteiger partial charge >= 0.3 is 5.97 Å². The number of aromatic carboxylic acids is 1. The first-order chi connectivity index (χ1) is 8.15. The summed E-state index contributed by atoms with van der Waals surface area (Å²) in [6.45, 7) is 1.60. The van der Waals surface area contributed by atoms with Crippen molar-refractivity contribution in [1.29, 1.82) is 0 Å². The standard InChI is InChI=1S/C11H9N3O3/c1-7-13-9(11(15)16)5-10(14-7)17-8-3-2-4-12-6-8/h2-6H,1H3,(H,15,16). The normalized spacial score (nSPS) is 9.94. The minimum absolute atomic E-state index is 0.101. The van der Waals surface area contributed by atoms with Crippen LogP contribution >= 0.6 is 0 Å². The van der Waals surface area contributed by atoms with E-state index in [-0.39, 0.29) is 11.6 Å². The SMILES string of the molecule is Cc1nc(Oc2cccnc2)cc(C(=O)O)n1. The van der Waals surface area contributed by atoms with Crippen LogP contribution in [0, 0.1) is 6.92 Å². The smallest absolute Gasteiger partial charge is 0.354 e. The van der Waals surface area contributed by atoms with Gasteiger partial charge in [-0.3, -0.25) is 4.98 Å². The zero-order valence-corrected chi connectivity index (χ0v) is 8.99. The molecule has 0 radical (unpaired) electrons. The van der Waals surface area contributed by atoms with Crippen molar-refractivity contribution in [3.63, 3.8) is 0 Å². The lowest BCUT2D eigenvalue weighted by molar-refractivity contribution is 0.0689. The fourth-order valence-corrected chi connectivity index (χ4v) is 1.23. The maximum Gasteiger partial charge on any atom is 0.354 e. The maximum absolute atomic E-state index is 10.8. The molecule has 0 saturated heterocycles. The number of carbonyl (C=O) groups is 1. The molecule has 0 spiro atoms. The van der Waals surface area contributed by atoms with Crippen LogP contribution in [0.3, 0.4) is 0 Å². The quantitative estimate of drug-likeness (QED) is 0.864. The minimum Gasteiger partial charge on any atom is -0.477 e. The predicted octanol–water partition coefficient (Wildman–Crippen LogP) is 1.67. The second kappa shape index (κ2) is 4.56. The third kappa shape index (κ3) is 2.75.